The largest absolute Gasteiger partial charge is 0.0642 e. The van der Waals surface area contributed by atoms with Gasteiger partial charge in [0.1, 0.15) is 0 Å². The highest BCUT2D eigenvalue weighted by Crippen LogP contribution is 2.43. The third-order valence-electron chi connectivity index (χ3n) is 4.52. The summed E-state index contributed by atoms with van der Waals surface area (Å²) < 4.78 is 0. The van der Waals surface area contributed by atoms with Gasteiger partial charge in [0.05, 0.1) is 0 Å². The van der Waals surface area contributed by atoms with Crippen LogP contribution in [-0.2, 0) is 6.42 Å². The Morgan fingerprint density at radius 3 is 2.00 bits per heavy atom. The Bertz CT molecular complexity index is 530. The average Bonchev–Trinajstić information content (AvgIpc) is 2.37. The second-order valence-corrected chi connectivity index (χ2v) is 8.40. The zero-order chi connectivity index (χ0) is 15.7. The van der Waals surface area contributed by atoms with Gasteiger partial charge in [0, 0.05) is 0 Å². The molecule has 1 aliphatic carbocycles. The minimum atomic E-state index is 0.249. The molecule has 1 atom stereocenters. The van der Waals surface area contributed by atoms with E-state index in [-0.39, 0.29) is 10.8 Å². The Balaban J connectivity index is 2.30. The summed E-state index contributed by atoms with van der Waals surface area (Å²) in [5, 5.41) is 0. The van der Waals surface area contributed by atoms with E-state index < -0.39 is 0 Å². The van der Waals surface area contributed by atoms with Crippen LogP contribution in [0, 0.1) is 16.7 Å². The number of allylic oxidation sites excluding steroid dienone is 4. The van der Waals surface area contributed by atoms with E-state index in [1.165, 1.54) is 12.0 Å². The Kier molecular flexibility index (Phi) is 4.46. The number of benzene rings is 1. The monoisotopic (exact) mass is 282 g/mol. The van der Waals surface area contributed by atoms with Gasteiger partial charge in [0.2, 0.25) is 0 Å². The molecular formula is C21H30. The number of rotatable bonds is 2. The van der Waals surface area contributed by atoms with Crippen molar-refractivity contribution in [2.24, 2.45) is 16.7 Å². The first-order valence-electron chi connectivity index (χ1n) is 8.13. The summed E-state index contributed by atoms with van der Waals surface area (Å²) in [5.74, 6) is 0.631. The van der Waals surface area contributed by atoms with Crippen LogP contribution in [0.25, 0.3) is 0 Å². The van der Waals surface area contributed by atoms with Crippen molar-refractivity contribution in [3.63, 3.8) is 0 Å². The normalized spacial score (nSPS) is 20.0. The van der Waals surface area contributed by atoms with Gasteiger partial charge in [0.15, 0.2) is 0 Å². The lowest BCUT2D eigenvalue weighted by Gasteiger charge is -2.37. The highest BCUT2D eigenvalue weighted by molar-refractivity contribution is 5.34. The minimum absolute atomic E-state index is 0.249. The fourth-order valence-corrected chi connectivity index (χ4v) is 3.27. The molecule has 0 heterocycles. The van der Waals surface area contributed by atoms with Crippen LogP contribution in [-0.4, -0.2) is 0 Å². The molecule has 0 radical (unpaired) electrons. The van der Waals surface area contributed by atoms with E-state index in [0.29, 0.717) is 5.92 Å². The van der Waals surface area contributed by atoms with Gasteiger partial charge < -0.3 is 0 Å². The molecule has 0 aromatic heterocycles. The number of hydrogen-bond donors (Lipinski definition) is 0. The fraction of sp³-hybridized carbons (Fsp3) is 0.524. The molecule has 0 N–H and O–H groups in total. The van der Waals surface area contributed by atoms with Crippen LogP contribution in [0.4, 0.5) is 0 Å². The second kappa shape index (κ2) is 5.83. The molecule has 0 nitrogen and oxygen atoms in total. The molecule has 0 fully saturated rings. The molecule has 0 saturated carbocycles. The molecule has 0 bridgehead atoms. The summed E-state index contributed by atoms with van der Waals surface area (Å²) in [6.07, 6.45) is 7.12. The molecular weight excluding hydrogens is 252 g/mol. The number of hydrogen-bond acceptors (Lipinski definition) is 0. The van der Waals surface area contributed by atoms with Crippen molar-refractivity contribution in [1.82, 2.24) is 0 Å². The Labute approximate surface area is 131 Å². The first kappa shape index (κ1) is 16.1. The Morgan fingerprint density at radius 1 is 0.857 bits per heavy atom. The minimum Gasteiger partial charge on any atom is -0.0642 e. The molecule has 1 aromatic carbocycles. The first-order chi connectivity index (χ1) is 9.68. The van der Waals surface area contributed by atoms with E-state index in [1.807, 2.05) is 0 Å². The molecule has 1 aromatic rings. The maximum absolute atomic E-state index is 2.40. The zero-order valence-corrected chi connectivity index (χ0v) is 14.5. The van der Waals surface area contributed by atoms with Crippen molar-refractivity contribution in [1.29, 1.82) is 0 Å². The second-order valence-electron chi connectivity index (χ2n) is 8.40. The smallest absolute Gasteiger partial charge is 0.0117 e. The van der Waals surface area contributed by atoms with Gasteiger partial charge in [-0.1, -0.05) is 95.2 Å². The van der Waals surface area contributed by atoms with Crippen LogP contribution in [0.5, 0.6) is 0 Å². The van der Waals surface area contributed by atoms with Crippen molar-refractivity contribution in [2.45, 2.75) is 54.4 Å². The van der Waals surface area contributed by atoms with Gasteiger partial charge in [-0.05, 0) is 35.2 Å². The third-order valence-corrected chi connectivity index (χ3v) is 4.52. The van der Waals surface area contributed by atoms with Gasteiger partial charge >= 0.3 is 0 Å². The Morgan fingerprint density at radius 2 is 1.48 bits per heavy atom. The van der Waals surface area contributed by atoms with Crippen molar-refractivity contribution >= 4 is 0 Å². The molecule has 21 heavy (non-hydrogen) atoms. The summed E-state index contributed by atoms with van der Waals surface area (Å²) >= 11 is 0. The van der Waals surface area contributed by atoms with Crippen molar-refractivity contribution in [3.05, 3.63) is 59.2 Å². The maximum atomic E-state index is 2.40. The molecule has 0 amide bonds. The van der Waals surface area contributed by atoms with E-state index in [2.05, 4.69) is 84.0 Å². The quantitative estimate of drug-likeness (QED) is 0.606. The zero-order valence-electron chi connectivity index (χ0n) is 14.5. The van der Waals surface area contributed by atoms with Crippen LogP contribution in [0.3, 0.4) is 0 Å². The summed E-state index contributed by atoms with van der Waals surface area (Å²) in [6.45, 7) is 14.0. The van der Waals surface area contributed by atoms with Crippen LogP contribution in [0.1, 0.15) is 53.5 Å². The van der Waals surface area contributed by atoms with Crippen molar-refractivity contribution in [3.8, 4) is 0 Å². The molecule has 114 valence electrons. The average molecular weight is 282 g/mol. The fourth-order valence-electron chi connectivity index (χ4n) is 3.27. The van der Waals surface area contributed by atoms with E-state index in [1.54, 1.807) is 11.1 Å². The summed E-state index contributed by atoms with van der Waals surface area (Å²) in [6, 6.07) is 10.9. The molecule has 1 unspecified atom stereocenters. The molecule has 2 rings (SSSR count). The Hall–Kier alpha value is -1.30. The molecule has 0 aliphatic heterocycles. The molecule has 0 heteroatoms. The third kappa shape index (κ3) is 4.09. The van der Waals surface area contributed by atoms with Crippen LogP contribution in [0.15, 0.2) is 53.6 Å². The summed E-state index contributed by atoms with van der Waals surface area (Å²) in [7, 11) is 0. The lowest BCUT2D eigenvalue weighted by molar-refractivity contribution is 0.381. The highest BCUT2D eigenvalue weighted by atomic mass is 14.4. The molecule has 1 aliphatic rings. The SMILES string of the molecule is CC(C)(C)C1=CC=C(C(C)(C)C)C(Cc2ccccc2)C1. The van der Waals surface area contributed by atoms with E-state index in [0.717, 1.165) is 6.42 Å². The van der Waals surface area contributed by atoms with E-state index >= 15 is 0 Å². The van der Waals surface area contributed by atoms with E-state index in [4.69, 9.17) is 0 Å². The van der Waals surface area contributed by atoms with Crippen molar-refractivity contribution in [2.75, 3.05) is 0 Å². The van der Waals surface area contributed by atoms with Crippen molar-refractivity contribution < 1.29 is 0 Å². The van der Waals surface area contributed by atoms with Gasteiger partial charge in [-0.15, -0.1) is 0 Å². The van der Waals surface area contributed by atoms with Crippen LogP contribution < -0.4 is 0 Å². The summed E-state index contributed by atoms with van der Waals surface area (Å²) in [5.41, 5.74) is 5.15. The van der Waals surface area contributed by atoms with Crippen LogP contribution in [0.2, 0.25) is 0 Å². The van der Waals surface area contributed by atoms with Gasteiger partial charge in [-0.2, -0.15) is 0 Å². The summed E-state index contributed by atoms with van der Waals surface area (Å²) in [4.78, 5) is 0. The topological polar surface area (TPSA) is 0 Å². The molecule has 0 spiro atoms. The highest BCUT2D eigenvalue weighted by Gasteiger charge is 2.31. The van der Waals surface area contributed by atoms with Gasteiger partial charge in [-0.3, -0.25) is 0 Å². The van der Waals surface area contributed by atoms with E-state index in [9.17, 15) is 0 Å². The maximum Gasteiger partial charge on any atom is -0.0117 e. The lowest BCUT2D eigenvalue weighted by atomic mass is 9.68. The molecule has 0 saturated heterocycles. The predicted octanol–water partition coefficient (Wildman–Crippen LogP) is 6.19. The first-order valence-corrected chi connectivity index (χ1v) is 8.13. The predicted molar refractivity (Wildman–Crippen MR) is 93.3 cm³/mol. The van der Waals surface area contributed by atoms with Crippen LogP contribution >= 0.6 is 0 Å². The standard InChI is InChI=1S/C21H30/c1-20(2,3)18-12-13-19(21(4,5)6)17(15-18)14-16-10-8-7-9-11-16/h7-13,17H,14-15H2,1-6H3. The van der Waals surface area contributed by atoms with Gasteiger partial charge in [0.25, 0.3) is 0 Å². The van der Waals surface area contributed by atoms with Gasteiger partial charge in [-0.25, -0.2) is 0 Å². The lowest BCUT2D eigenvalue weighted by Crippen LogP contribution is -2.25.